The molecule has 0 amide bonds. The highest BCUT2D eigenvalue weighted by atomic mass is 32.2. The van der Waals surface area contributed by atoms with Crippen LogP contribution in [0.4, 0.5) is 0 Å². The van der Waals surface area contributed by atoms with E-state index in [4.69, 9.17) is 28.4 Å². The van der Waals surface area contributed by atoms with Crippen molar-refractivity contribution in [2.24, 2.45) is 0 Å². The molecule has 2 unspecified atom stereocenters. The maximum atomic E-state index is 6.25. The minimum absolute atomic E-state index is 0.0402. The molecule has 0 saturated carbocycles. The van der Waals surface area contributed by atoms with Crippen molar-refractivity contribution in [3.05, 3.63) is 38.5 Å². The van der Waals surface area contributed by atoms with Crippen LogP contribution >= 0.6 is 34.9 Å². The van der Waals surface area contributed by atoms with E-state index in [9.17, 15) is 0 Å². The van der Waals surface area contributed by atoms with Gasteiger partial charge in [-0.2, -0.15) is 0 Å². The third-order valence-electron chi connectivity index (χ3n) is 5.44. The lowest BCUT2D eigenvalue weighted by atomic mass is 10.2. The van der Waals surface area contributed by atoms with Gasteiger partial charge in [-0.25, -0.2) is 0 Å². The average Bonchev–Trinajstić information content (AvgIpc) is 3.21. The lowest BCUT2D eigenvalue weighted by Gasteiger charge is -2.14. The van der Waals surface area contributed by atoms with Gasteiger partial charge in [0.25, 0.3) is 0 Å². The second-order valence-corrected chi connectivity index (χ2v) is 10.6. The zero-order chi connectivity index (χ0) is 19.9. The van der Waals surface area contributed by atoms with E-state index in [1.54, 1.807) is 23.1 Å². The van der Waals surface area contributed by atoms with Crippen molar-refractivity contribution >= 4 is 34.9 Å². The lowest BCUT2D eigenvalue weighted by molar-refractivity contribution is 0.203. The topological polar surface area (TPSA) is 55.4 Å². The first-order valence-electron chi connectivity index (χ1n) is 10.4. The van der Waals surface area contributed by atoms with Crippen LogP contribution in [0.2, 0.25) is 0 Å². The minimum atomic E-state index is 0.0402. The normalized spacial score (nSPS) is 28.3. The first-order chi connectivity index (χ1) is 14.9. The van der Waals surface area contributed by atoms with E-state index >= 15 is 0 Å². The molecule has 9 heteroatoms. The molecule has 0 fully saturated rings. The Morgan fingerprint density at radius 3 is 2.10 bits per heavy atom. The average molecular weight is 468 g/mol. The summed E-state index contributed by atoms with van der Waals surface area (Å²) in [4.78, 5) is 2.30. The molecule has 5 aliphatic rings. The molecule has 161 valence electrons. The summed E-state index contributed by atoms with van der Waals surface area (Å²) in [6, 6.07) is 0. The van der Waals surface area contributed by atoms with Crippen molar-refractivity contribution in [1.82, 2.24) is 0 Å². The number of fused-ring (bicyclic) bond motifs is 1. The van der Waals surface area contributed by atoms with Crippen LogP contribution < -0.4 is 9.47 Å². The van der Waals surface area contributed by atoms with E-state index in [1.807, 2.05) is 11.8 Å². The maximum Gasteiger partial charge on any atom is 0.177 e. The van der Waals surface area contributed by atoms with E-state index in [0.29, 0.717) is 33.0 Å². The Labute approximate surface area is 188 Å². The molecule has 6 heterocycles. The predicted octanol–water partition coefficient (Wildman–Crippen LogP) is 4.94. The summed E-state index contributed by atoms with van der Waals surface area (Å²) in [6.45, 7) is 4.12. The molecular formula is C21H23O6S3. The molecule has 1 aromatic heterocycles. The smallest absolute Gasteiger partial charge is 0.177 e. The summed E-state index contributed by atoms with van der Waals surface area (Å²) in [7, 11) is 0. The van der Waals surface area contributed by atoms with Crippen LogP contribution in [0.1, 0.15) is 39.5 Å². The molecule has 0 N–H and O–H groups in total. The highest BCUT2D eigenvalue weighted by Gasteiger charge is 2.42. The van der Waals surface area contributed by atoms with Gasteiger partial charge in [-0.15, -0.1) is 34.9 Å². The molecule has 0 aliphatic carbocycles. The van der Waals surface area contributed by atoms with Crippen molar-refractivity contribution in [3.8, 4) is 11.5 Å². The van der Waals surface area contributed by atoms with Crippen molar-refractivity contribution in [2.45, 2.75) is 29.8 Å². The Hall–Kier alpha value is -1.32. The second kappa shape index (κ2) is 8.31. The van der Waals surface area contributed by atoms with Gasteiger partial charge in [-0.1, -0.05) is 0 Å². The Bertz CT molecular complexity index is 823. The molecule has 0 spiro atoms. The molecule has 6 nitrogen and oxygen atoms in total. The van der Waals surface area contributed by atoms with Crippen molar-refractivity contribution < 1.29 is 28.4 Å². The zero-order valence-electron chi connectivity index (χ0n) is 16.5. The quantitative estimate of drug-likeness (QED) is 0.606. The fourth-order valence-corrected chi connectivity index (χ4v) is 8.00. The Balaban J connectivity index is 1.41. The van der Waals surface area contributed by atoms with Crippen LogP contribution in [0.25, 0.3) is 0 Å². The summed E-state index contributed by atoms with van der Waals surface area (Å²) >= 11 is 5.32. The largest absolute Gasteiger partial charge is 0.493 e. The molecule has 0 bridgehead atoms. The van der Waals surface area contributed by atoms with Crippen molar-refractivity contribution in [1.29, 1.82) is 0 Å². The molecule has 2 atom stereocenters. The van der Waals surface area contributed by atoms with Crippen LogP contribution in [-0.4, -0.2) is 45.4 Å². The van der Waals surface area contributed by atoms with Gasteiger partial charge in [0.2, 0.25) is 0 Å². The van der Waals surface area contributed by atoms with E-state index < -0.39 is 0 Å². The van der Waals surface area contributed by atoms with Gasteiger partial charge >= 0.3 is 0 Å². The van der Waals surface area contributed by atoms with Gasteiger partial charge in [0, 0.05) is 19.3 Å². The number of thiophene rings is 1. The summed E-state index contributed by atoms with van der Waals surface area (Å²) in [6.07, 6.45) is 2.69. The molecule has 0 aromatic carbocycles. The first kappa shape index (κ1) is 19.4. The minimum Gasteiger partial charge on any atom is -0.493 e. The summed E-state index contributed by atoms with van der Waals surface area (Å²) in [5.41, 5.74) is 0. The number of hydrogen-bond donors (Lipinski definition) is 0. The van der Waals surface area contributed by atoms with Gasteiger partial charge in [-0.3, -0.25) is 0 Å². The number of rotatable bonds is 2. The lowest BCUT2D eigenvalue weighted by Crippen LogP contribution is -2.03. The zero-order valence-corrected chi connectivity index (χ0v) is 18.9. The summed E-state index contributed by atoms with van der Waals surface area (Å²) in [5.74, 6) is 8.36. The Kier molecular flexibility index (Phi) is 5.37. The molecule has 0 saturated heterocycles. The first-order valence-corrected chi connectivity index (χ1v) is 13.2. The SMILES string of the molecule is [CH]1SC(c2sc(C3SCC4=C3OCCCO4)c3c2OCCCO3)C2=C1OCCCO2. The molecular weight excluding hydrogens is 444 g/mol. The third kappa shape index (κ3) is 3.33. The fourth-order valence-electron chi connectivity index (χ4n) is 4.05. The van der Waals surface area contributed by atoms with Crippen LogP contribution in [0.5, 0.6) is 11.5 Å². The van der Waals surface area contributed by atoms with Gasteiger partial charge in [0.05, 0.1) is 60.9 Å². The number of thioether (sulfide) groups is 2. The van der Waals surface area contributed by atoms with Crippen LogP contribution in [0.3, 0.4) is 0 Å². The van der Waals surface area contributed by atoms with E-state index in [-0.39, 0.29) is 10.5 Å². The van der Waals surface area contributed by atoms with Gasteiger partial charge < -0.3 is 28.4 Å². The highest BCUT2D eigenvalue weighted by Crippen LogP contribution is 2.61. The number of hydrogen-bond acceptors (Lipinski definition) is 9. The Morgan fingerprint density at radius 2 is 1.30 bits per heavy atom. The van der Waals surface area contributed by atoms with Gasteiger partial charge in [0.15, 0.2) is 23.0 Å². The van der Waals surface area contributed by atoms with Gasteiger partial charge in [-0.05, 0) is 0 Å². The standard InChI is InChI=1S/C21H23O6S3/c1-4-22-12-10-28-18(14(12)24-6-1)20-16-17(27-9-3-8-26-16)21(30-20)19-15-13(11-29-19)23-5-2-7-25-15/h10,18-19H,1-9,11H2. The van der Waals surface area contributed by atoms with E-state index in [2.05, 4.69) is 5.75 Å². The number of ether oxygens (including phenoxy) is 6. The fraction of sp³-hybridized carbons (Fsp3) is 0.571. The van der Waals surface area contributed by atoms with Gasteiger partial charge in [0.1, 0.15) is 22.0 Å². The molecule has 30 heavy (non-hydrogen) atoms. The van der Waals surface area contributed by atoms with E-state index in [1.165, 1.54) is 0 Å². The molecule has 6 rings (SSSR count). The van der Waals surface area contributed by atoms with Crippen LogP contribution in [-0.2, 0) is 18.9 Å². The molecule has 1 aromatic rings. The monoisotopic (exact) mass is 467 g/mol. The van der Waals surface area contributed by atoms with Crippen LogP contribution in [0, 0.1) is 5.75 Å². The van der Waals surface area contributed by atoms with Crippen molar-refractivity contribution in [2.75, 3.05) is 45.4 Å². The van der Waals surface area contributed by atoms with Crippen molar-refractivity contribution in [3.63, 3.8) is 0 Å². The summed E-state index contributed by atoms with van der Waals surface area (Å²) < 4.78 is 36.6. The third-order valence-corrected chi connectivity index (χ3v) is 9.31. The van der Waals surface area contributed by atoms with E-state index in [0.717, 1.165) is 75.9 Å². The Morgan fingerprint density at radius 1 is 0.667 bits per heavy atom. The predicted molar refractivity (Wildman–Crippen MR) is 117 cm³/mol. The summed E-state index contributed by atoms with van der Waals surface area (Å²) in [5, 5.41) is 0.126. The molecule has 1 radical (unpaired) electrons. The maximum absolute atomic E-state index is 6.25. The van der Waals surface area contributed by atoms with Crippen LogP contribution in [0.15, 0.2) is 23.0 Å². The second-order valence-electron chi connectivity index (χ2n) is 7.48. The highest BCUT2D eigenvalue weighted by molar-refractivity contribution is 8.02. The molecule has 5 aliphatic heterocycles.